The lowest BCUT2D eigenvalue weighted by Crippen LogP contribution is -1.86. The molecule has 0 atom stereocenters. The van der Waals surface area contributed by atoms with Crippen LogP contribution in [-0.4, -0.2) is 12.0 Å². The summed E-state index contributed by atoms with van der Waals surface area (Å²) in [5.41, 5.74) is 6.99. The van der Waals surface area contributed by atoms with Gasteiger partial charge in [0.25, 0.3) is 0 Å². The number of anilines is 1. The van der Waals surface area contributed by atoms with Crippen LogP contribution in [0.1, 0.15) is 16.7 Å². The minimum absolute atomic E-state index is 1.07. The average molecular weight is 356 g/mol. The molecule has 0 fully saturated rings. The number of benzene rings is 3. The van der Waals surface area contributed by atoms with Crippen LogP contribution in [0.4, 0.5) is 5.69 Å². The fraction of sp³-hybridized carbons (Fsp3) is 0.0870. The summed E-state index contributed by atoms with van der Waals surface area (Å²) in [6, 6.07) is 23.4. The van der Waals surface area contributed by atoms with E-state index in [2.05, 4.69) is 91.1 Å². The molecular weight excluding hydrogens is 336 g/mol. The van der Waals surface area contributed by atoms with Crippen molar-refractivity contribution >= 4 is 39.4 Å². The second-order valence-electron chi connectivity index (χ2n) is 6.32. The Morgan fingerprint density at radius 1 is 0.846 bits per heavy atom. The lowest BCUT2D eigenvalue weighted by Gasteiger charge is -2.00. The first-order valence-electron chi connectivity index (χ1n) is 8.65. The maximum absolute atomic E-state index is 4.78. The number of nitrogens with one attached hydrogen (secondary N) is 1. The molecule has 1 heterocycles. The lowest BCUT2D eigenvalue weighted by atomic mass is 10.1. The minimum atomic E-state index is 1.07. The number of fused-ring (bicyclic) bond motifs is 1. The van der Waals surface area contributed by atoms with E-state index in [0.29, 0.717) is 0 Å². The maximum Gasteiger partial charge on any atom is 0.124 e. The summed E-state index contributed by atoms with van der Waals surface area (Å²) in [6.07, 6.45) is 4.27. The molecule has 128 valence electrons. The van der Waals surface area contributed by atoms with E-state index < -0.39 is 0 Å². The molecule has 0 aliphatic heterocycles. The molecule has 2 nitrogen and oxygen atoms in total. The van der Waals surface area contributed by atoms with Crippen molar-refractivity contribution in [1.29, 1.82) is 0 Å². The van der Waals surface area contributed by atoms with Crippen molar-refractivity contribution in [1.82, 2.24) is 4.98 Å². The van der Waals surface area contributed by atoms with Gasteiger partial charge in [0.05, 0.1) is 10.2 Å². The third kappa shape index (κ3) is 3.53. The van der Waals surface area contributed by atoms with E-state index in [4.69, 9.17) is 4.98 Å². The van der Waals surface area contributed by atoms with Crippen molar-refractivity contribution in [2.24, 2.45) is 0 Å². The third-order valence-corrected chi connectivity index (χ3v) is 5.45. The SMILES string of the molecule is CNc1ccc(/C=C/c2ccc(-c3nc4cc(C)ccc4s3)cc2)cc1. The van der Waals surface area contributed by atoms with Gasteiger partial charge in [0.15, 0.2) is 0 Å². The predicted octanol–water partition coefficient (Wildman–Crippen LogP) is 6.48. The highest BCUT2D eigenvalue weighted by Crippen LogP contribution is 2.30. The first-order chi connectivity index (χ1) is 12.7. The van der Waals surface area contributed by atoms with Gasteiger partial charge in [0.2, 0.25) is 0 Å². The van der Waals surface area contributed by atoms with Gasteiger partial charge in [-0.05, 0) is 47.9 Å². The number of aryl methyl sites for hydroxylation is 1. The summed E-state index contributed by atoms with van der Waals surface area (Å²) in [7, 11) is 1.93. The molecule has 26 heavy (non-hydrogen) atoms. The largest absolute Gasteiger partial charge is 0.388 e. The minimum Gasteiger partial charge on any atom is -0.388 e. The van der Waals surface area contributed by atoms with E-state index in [1.165, 1.54) is 27.0 Å². The fourth-order valence-corrected chi connectivity index (χ4v) is 3.80. The molecule has 0 radical (unpaired) electrons. The Balaban J connectivity index is 1.54. The highest BCUT2D eigenvalue weighted by molar-refractivity contribution is 7.21. The molecule has 3 heteroatoms. The molecule has 4 aromatic rings. The summed E-state index contributed by atoms with van der Waals surface area (Å²) >= 11 is 1.74. The normalized spacial score (nSPS) is 11.3. The van der Waals surface area contributed by atoms with Gasteiger partial charge in [-0.2, -0.15) is 0 Å². The van der Waals surface area contributed by atoms with Crippen molar-refractivity contribution in [3.05, 3.63) is 83.4 Å². The van der Waals surface area contributed by atoms with Gasteiger partial charge >= 0.3 is 0 Å². The van der Waals surface area contributed by atoms with E-state index in [-0.39, 0.29) is 0 Å². The smallest absolute Gasteiger partial charge is 0.124 e. The van der Waals surface area contributed by atoms with Crippen LogP contribution in [-0.2, 0) is 0 Å². The molecule has 3 aromatic carbocycles. The molecule has 0 saturated carbocycles. The van der Waals surface area contributed by atoms with E-state index in [9.17, 15) is 0 Å². The molecule has 0 unspecified atom stereocenters. The average Bonchev–Trinajstić information content (AvgIpc) is 3.10. The summed E-state index contributed by atoms with van der Waals surface area (Å²) < 4.78 is 1.24. The Labute approximate surface area is 157 Å². The molecule has 0 spiro atoms. The highest BCUT2D eigenvalue weighted by Gasteiger charge is 2.06. The van der Waals surface area contributed by atoms with Gasteiger partial charge in [0, 0.05) is 18.3 Å². The Bertz CT molecular complexity index is 1060. The zero-order chi connectivity index (χ0) is 17.9. The van der Waals surface area contributed by atoms with Gasteiger partial charge in [-0.1, -0.05) is 54.6 Å². The zero-order valence-corrected chi connectivity index (χ0v) is 15.7. The van der Waals surface area contributed by atoms with Crippen molar-refractivity contribution in [3.8, 4) is 10.6 Å². The molecule has 0 amide bonds. The number of nitrogens with zero attached hydrogens (tertiary/aromatic N) is 1. The zero-order valence-electron chi connectivity index (χ0n) is 14.9. The van der Waals surface area contributed by atoms with Crippen LogP contribution in [0.2, 0.25) is 0 Å². The molecule has 0 saturated heterocycles. The highest BCUT2D eigenvalue weighted by atomic mass is 32.1. The Morgan fingerprint density at radius 3 is 2.15 bits per heavy atom. The van der Waals surface area contributed by atoms with Gasteiger partial charge in [-0.15, -0.1) is 11.3 Å². The number of rotatable bonds is 4. The van der Waals surface area contributed by atoms with Gasteiger partial charge in [-0.25, -0.2) is 4.98 Å². The summed E-state index contributed by atoms with van der Waals surface area (Å²) in [6.45, 7) is 2.10. The topological polar surface area (TPSA) is 24.9 Å². The van der Waals surface area contributed by atoms with Crippen LogP contribution in [0.5, 0.6) is 0 Å². The van der Waals surface area contributed by atoms with Crippen LogP contribution in [0.15, 0.2) is 66.7 Å². The maximum atomic E-state index is 4.78. The summed E-state index contributed by atoms with van der Waals surface area (Å²) in [4.78, 5) is 4.78. The molecule has 0 aliphatic rings. The number of hydrogen-bond acceptors (Lipinski definition) is 3. The second kappa shape index (κ2) is 7.14. The van der Waals surface area contributed by atoms with Crippen molar-refractivity contribution in [2.45, 2.75) is 6.92 Å². The second-order valence-corrected chi connectivity index (χ2v) is 7.35. The summed E-state index contributed by atoms with van der Waals surface area (Å²) in [5, 5.41) is 4.21. The van der Waals surface area contributed by atoms with Crippen LogP contribution in [0.3, 0.4) is 0 Å². The molecule has 0 aliphatic carbocycles. The summed E-state index contributed by atoms with van der Waals surface area (Å²) in [5.74, 6) is 0. The van der Waals surface area contributed by atoms with Crippen LogP contribution in [0.25, 0.3) is 32.9 Å². The molecule has 1 aromatic heterocycles. The number of aromatic nitrogens is 1. The van der Waals surface area contributed by atoms with E-state index in [0.717, 1.165) is 16.2 Å². The van der Waals surface area contributed by atoms with Crippen LogP contribution >= 0.6 is 11.3 Å². The van der Waals surface area contributed by atoms with E-state index in [1.807, 2.05) is 7.05 Å². The molecular formula is C23H20N2S. The van der Waals surface area contributed by atoms with Crippen LogP contribution in [0, 0.1) is 6.92 Å². The molecule has 0 bridgehead atoms. The fourth-order valence-electron chi connectivity index (χ4n) is 2.85. The van der Waals surface area contributed by atoms with E-state index in [1.54, 1.807) is 11.3 Å². The Hall–Kier alpha value is -2.91. The van der Waals surface area contributed by atoms with E-state index >= 15 is 0 Å². The Kier molecular flexibility index (Phi) is 4.55. The van der Waals surface area contributed by atoms with Crippen molar-refractivity contribution < 1.29 is 0 Å². The van der Waals surface area contributed by atoms with Crippen molar-refractivity contribution in [3.63, 3.8) is 0 Å². The third-order valence-electron chi connectivity index (χ3n) is 4.37. The quantitative estimate of drug-likeness (QED) is 0.423. The number of hydrogen-bond donors (Lipinski definition) is 1. The molecule has 4 rings (SSSR count). The monoisotopic (exact) mass is 356 g/mol. The molecule has 1 N–H and O–H groups in total. The van der Waals surface area contributed by atoms with Gasteiger partial charge in [-0.3, -0.25) is 0 Å². The van der Waals surface area contributed by atoms with Gasteiger partial charge < -0.3 is 5.32 Å². The lowest BCUT2D eigenvalue weighted by molar-refractivity contribution is 1.44. The Morgan fingerprint density at radius 2 is 1.50 bits per heavy atom. The van der Waals surface area contributed by atoms with Gasteiger partial charge in [0.1, 0.15) is 5.01 Å². The number of thiazole rings is 1. The standard InChI is InChI=1S/C23H20N2S/c1-16-3-14-22-21(15-16)25-23(26-22)19-10-6-17(7-11-19)4-5-18-8-12-20(24-2)13-9-18/h3-15,24H,1-2H3/b5-4+. The first kappa shape index (κ1) is 16.6. The predicted molar refractivity (Wildman–Crippen MR) is 115 cm³/mol. The van der Waals surface area contributed by atoms with Crippen LogP contribution < -0.4 is 5.32 Å². The first-order valence-corrected chi connectivity index (χ1v) is 9.46. The van der Waals surface area contributed by atoms with Crippen molar-refractivity contribution in [2.75, 3.05) is 12.4 Å².